The van der Waals surface area contributed by atoms with E-state index in [4.69, 9.17) is 14.0 Å². The van der Waals surface area contributed by atoms with Gasteiger partial charge in [0, 0.05) is 25.1 Å². The summed E-state index contributed by atoms with van der Waals surface area (Å²) in [6, 6.07) is 5.21. The van der Waals surface area contributed by atoms with Gasteiger partial charge < -0.3 is 18.9 Å². The molecule has 1 fully saturated rings. The summed E-state index contributed by atoms with van der Waals surface area (Å²) in [7, 11) is 3.11. The van der Waals surface area contributed by atoms with Gasteiger partial charge in [0.15, 0.2) is 23.0 Å². The quantitative estimate of drug-likeness (QED) is 0.620. The topological polar surface area (TPSA) is 108 Å². The lowest BCUT2D eigenvalue weighted by atomic mass is 10.1. The molecule has 152 valence electrons. The van der Waals surface area contributed by atoms with Gasteiger partial charge in [-0.1, -0.05) is 17.3 Å². The number of amides is 1. The largest absolute Gasteiger partial charge is 0.493 e. The molecule has 0 aliphatic carbocycles. The summed E-state index contributed by atoms with van der Waals surface area (Å²) < 4.78 is 17.5. The van der Waals surface area contributed by atoms with Gasteiger partial charge in [0.25, 0.3) is 11.8 Å². The Morgan fingerprint density at radius 1 is 1.28 bits per heavy atom. The Labute approximate surface area is 167 Å². The van der Waals surface area contributed by atoms with Crippen LogP contribution in [0.15, 0.2) is 28.9 Å². The van der Waals surface area contributed by atoms with Crippen LogP contribution in [0.3, 0.4) is 0 Å². The number of carbonyl (C=O) groups is 1. The van der Waals surface area contributed by atoms with Crippen molar-refractivity contribution in [1.29, 1.82) is 0 Å². The predicted molar refractivity (Wildman–Crippen MR) is 102 cm³/mol. The summed E-state index contributed by atoms with van der Waals surface area (Å²) in [6.45, 7) is 3.13. The Kier molecular flexibility index (Phi) is 5.15. The standard InChI is InChI=1S/C19H22N6O4/c1-4-17-20-18(29-22-17)14-11-25(23-21-14)13-7-8-24(10-13)19(26)12-5-6-15(27-2)16(9-12)28-3/h5-6,9,11,13H,4,7-8,10H2,1-3H3. The predicted octanol–water partition coefficient (Wildman–Crippen LogP) is 1.99. The second-order valence-corrected chi connectivity index (χ2v) is 6.72. The van der Waals surface area contributed by atoms with Gasteiger partial charge in [0.1, 0.15) is 0 Å². The van der Waals surface area contributed by atoms with Crippen molar-refractivity contribution in [2.24, 2.45) is 0 Å². The first-order valence-electron chi connectivity index (χ1n) is 9.39. The van der Waals surface area contributed by atoms with E-state index < -0.39 is 0 Å². The van der Waals surface area contributed by atoms with E-state index in [0.29, 0.717) is 54.0 Å². The molecule has 29 heavy (non-hydrogen) atoms. The van der Waals surface area contributed by atoms with Crippen LogP contribution in [0.2, 0.25) is 0 Å². The molecule has 0 spiro atoms. The molecule has 3 aromatic rings. The van der Waals surface area contributed by atoms with Gasteiger partial charge >= 0.3 is 0 Å². The van der Waals surface area contributed by atoms with Crippen molar-refractivity contribution >= 4 is 5.91 Å². The Hall–Kier alpha value is -3.43. The minimum atomic E-state index is -0.0571. The molecule has 4 rings (SSSR count). The van der Waals surface area contributed by atoms with E-state index in [2.05, 4.69) is 20.5 Å². The van der Waals surface area contributed by atoms with Gasteiger partial charge in [0.2, 0.25) is 0 Å². The highest BCUT2D eigenvalue weighted by molar-refractivity contribution is 5.95. The third-order valence-corrected chi connectivity index (χ3v) is 4.97. The molecule has 10 nitrogen and oxygen atoms in total. The fourth-order valence-corrected chi connectivity index (χ4v) is 3.35. The summed E-state index contributed by atoms with van der Waals surface area (Å²) >= 11 is 0. The number of hydrogen-bond acceptors (Lipinski definition) is 8. The van der Waals surface area contributed by atoms with Crippen LogP contribution in [-0.2, 0) is 6.42 Å². The lowest BCUT2D eigenvalue weighted by Crippen LogP contribution is -2.29. The normalized spacial score (nSPS) is 16.2. The number of hydrogen-bond donors (Lipinski definition) is 0. The second-order valence-electron chi connectivity index (χ2n) is 6.72. The van der Waals surface area contributed by atoms with E-state index in [1.807, 2.05) is 6.92 Å². The maximum Gasteiger partial charge on any atom is 0.280 e. The highest BCUT2D eigenvalue weighted by Crippen LogP contribution is 2.30. The van der Waals surface area contributed by atoms with Crippen LogP contribution in [0.1, 0.15) is 35.6 Å². The van der Waals surface area contributed by atoms with Gasteiger partial charge in [-0.15, -0.1) is 5.10 Å². The van der Waals surface area contributed by atoms with Crippen LogP contribution in [0.5, 0.6) is 11.5 Å². The van der Waals surface area contributed by atoms with Crippen LogP contribution in [0, 0.1) is 0 Å². The van der Waals surface area contributed by atoms with Crippen LogP contribution < -0.4 is 9.47 Å². The number of aromatic nitrogens is 5. The molecule has 1 amide bonds. The maximum atomic E-state index is 12.9. The first kappa shape index (κ1) is 18.9. The molecule has 1 atom stereocenters. The molecule has 2 aromatic heterocycles. The molecule has 1 aliphatic rings. The molecule has 0 N–H and O–H groups in total. The first-order valence-corrected chi connectivity index (χ1v) is 9.39. The fourth-order valence-electron chi connectivity index (χ4n) is 3.35. The van der Waals surface area contributed by atoms with Gasteiger partial charge in [-0.3, -0.25) is 4.79 Å². The molecule has 3 heterocycles. The molecule has 1 saturated heterocycles. The van der Waals surface area contributed by atoms with Crippen molar-refractivity contribution in [2.75, 3.05) is 27.3 Å². The second kappa shape index (κ2) is 7.90. The smallest absolute Gasteiger partial charge is 0.280 e. The molecule has 0 radical (unpaired) electrons. The first-order chi connectivity index (χ1) is 14.1. The molecule has 10 heteroatoms. The molecule has 0 saturated carbocycles. The lowest BCUT2D eigenvalue weighted by molar-refractivity contribution is 0.0786. The van der Waals surface area contributed by atoms with E-state index in [9.17, 15) is 4.79 Å². The highest BCUT2D eigenvalue weighted by Gasteiger charge is 2.29. The molecule has 0 bridgehead atoms. The van der Waals surface area contributed by atoms with E-state index in [1.165, 1.54) is 0 Å². The fraction of sp³-hybridized carbons (Fsp3) is 0.421. The number of aryl methyl sites for hydroxylation is 1. The number of methoxy groups -OCH3 is 2. The molecule has 1 unspecified atom stereocenters. The molecular formula is C19H22N6O4. The SMILES string of the molecule is CCc1noc(-c2cn(C3CCN(C(=O)c4ccc(OC)c(OC)c4)C3)nn2)n1. The Morgan fingerprint density at radius 2 is 2.10 bits per heavy atom. The number of ether oxygens (including phenoxy) is 2. The maximum absolute atomic E-state index is 12.9. The van der Waals surface area contributed by atoms with Crippen LogP contribution in [-0.4, -0.2) is 63.3 Å². The Morgan fingerprint density at radius 3 is 2.83 bits per heavy atom. The van der Waals surface area contributed by atoms with Crippen LogP contribution >= 0.6 is 0 Å². The average Bonchev–Trinajstić information content (AvgIpc) is 3.51. The van der Waals surface area contributed by atoms with Crippen molar-refractivity contribution in [3.05, 3.63) is 35.8 Å². The summed E-state index contributed by atoms with van der Waals surface area (Å²) in [5.41, 5.74) is 1.09. The van der Waals surface area contributed by atoms with Gasteiger partial charge in [-0.25, -0.2) is 4.68 Å². The molecular weight excluding hydrogens is 376 g/mol. The zero-order chi connectivity index (χ0) is 20.4. The van der Waals surface area contributed by atoms with Gasteiger partial charge in [-0.05, 0) is 24.6 Å². The van der Waals surface area contributed by atoms with E-state index in [1.54, 1.807) is 48.2 Å². The van der Waals surface area contributed by atoms with Gasteiger partial charge in [0.05, 0.1) is 26.5 Å². The Bertz CT molecular complexity index is 1010. The van der Waals surface area contributed by atoms with Crippen molar-refractivity contribution in [3.63, 3.8) is 0 Å². The van der Waals surface area contributed by atoms with Gasteiger partial charge in [-0.2, -0.15) is 4.98 Å². The average molecular weight is 398 g/mol. The molecule has 1 aliphatic heterocycles. The Balaban J connectivity index is 1.46. The van der Waals surface area contributed by atoms with E-state index in [-0.39, 0.29) is 11.9 Å². The number of carbonyl (C=O) groups excluding carboxylic acids is 1. The number of likely N-dealkylation sites (tertiary alicyclic amines) is 1. The zero-order valence-corrected chi connectivity index (χ0v) is 16.5. The third-order valence-electron chi connectivity index (χ3n) is 4.97. The number of rotatable bonds is 6. The van der Waals surface area contributed by atoms with E-state index in [0.717, 1.165) is 6.42 Å². The van der Waals surface area contributed by atoms with Crippen LogP contribution in [0.25, 0.3) is 11.6 Å². The third kappa shape index (κ3) is 3.65. The summed E-state index contributed by atoms with van der Waals surface area (Å²) in [5.74, 6) is 2.04. The lowest BCUT2D eigenvalue weighted by Gasteiger charge is -2.17. The highest BCUT2D eigenvalue weighted by atomic mass is 16.5. The summed E-state index contributed by atoms with van der Waals surface area (Å²) in [5, 5.41) is 12.2. The zero-order valence-electron chi connectivity index (χ0n) is 16.5. The van der Waals surface area contributed by atoms with E-state index >= 15 is 0 Å². The number of benzene rings is 1. The molecule has 1 aromatic carbocycles. The summed E-state index contributed by atoms with van der Waals surface area (Å²) in [6.07, 6.45) is 3.25. The summed E-state index contributed by atoms with van der Waals surface area (Å²) in [4.78, 5) is 19.0. The van der Waals surface area contributed by atoms with Crippen LogP contribution in [0.4, 0.5) is 0 Å². The number of nitrogens with zero attached hydrogens (tertiary/aromatic N) is 6. The van der Waals surface area contributed by atoms with Crippen molar-refractivity contribution in [3.8, 4) is 23.1 Å². The van der Waals surface area contributed by atoms with Crippen molar-refractivity contribution in [1.82, 2.24) is 30.0 Å². The minimum absolute atomic E-state index is 0.0360. The minimum Gasteiger partial charge on any atom is -0.493 e. The van der Waals surface area contributed by atoms with Crippen molar-refractivity contribution < 1.29 is 18.8 Å². The van der Waals surface area contributed by atoms with Crippen molar-refractivity contribution in [2.45, 2.75) is 25.8 Å². The monoisotopic (exact) mass is 398 g/mol.